The highest BCUT2D eigenvalue weighted by atomic mass is 16.5. The van der Waals surface area contributed by atoms with E-state index in [1.165, 1.54) is 24.0 Å². The second-order valence-electron chi connectivity index (χ2n) is 5.13. The predicted molar refractivity (Wildman–Crippen MR) is 77.8 cm³/mol. The maximum Gasteiger partial charge on any atom is 0.248 e. The van der Waals surface area contributed by atoms with Crippen molar-refractivity contribution in [1.29, 1.82) is 0 Å². The van der Waals surface area contributed by atoms with Gasteiger partial charge in [-0.3, -0.25) is 4.79 Å². The minimum atomic E-state index is -0.406. The summed E-state index contributed by atoms with van der Waals surface area (Å²) in [6.07, 6.45) is 3.58. The highest BCUT2D eigenvalue weighted by Gasteiger charge is 2.11. The van der Waals surface area contributed by atoms with Crippen LogP contribution in [0.4, 0.5) is 0 Å². The Hall–Kier alpha value is -2.29. The molecule has 0 spiro atoms. The lowest BCUT2D eigenvalue weighted by Gasteiger charge is -2.08. The van der Waals surface area contributed by atoms with Crippen LogP contribution in [-0.2, 0) is 19.4 Å². The molecule has 0 saturated carbocycles. The van der Waals surface area contributed by atoms with E-state index in [0.29, 0.717) is 12.2 Å². The van der Waals surface area contributed by atoms with Crippen LogP contribution in [0.5, 0.6) is 5.75 Å². The van der Waals surface area contributed by atoms with Crippen LogP contribution in [-0.4, -0.2) is 5.91 Å². The third-order valence-corrected chi connectivity index (χ3v) is 3.71. The summed E-state index contributed by atoms with van der Waals surface area (Å²) in [6.45, 7) is 0.498. The van der Waals surface area contributed by atoms with Crippen LogP contribution in [0.2, 0.25) is 0 Å². The maximum absolute atomic E-state index is 11.0. The number of hydrogen-bond donors (Lipinski definition) is 1. The summed E-state index contributed by atoms with van der Waals surface area (Å²) < 4.78 is 5.80. The van der Waals surface area contributed by atoms with E-state index in [0.717, 1.165) is 17.7 Å². The molecule has 0 unspecified atom stereocenters. The lowest BCUT2D eigenvalue weighted by atomic mass is 10.1. The number of carbonyl (C=O) groups is 1. The van der Waals surface area contributed by atoms with Gasteiger partial charge in [0, 0.05) is 5.56 Å². The molecule has 102 valence electrons. The topological polar surface area (TPSA) is 52.3 Å². The summed E-state index contributed by atoms with van der Waals surface area (Å²) in [5, 5.41) is 0. The van der Waals surface area contributed by atoms with Crippen LogP contribution in [0.25, 0.3) is 0 Å². The van der Waals surface area contributed by atoms with Gasteiger partial charge in [-0.1, -0.05) is 18.2 Å². The first-order chi connectivity index (χ1) is 9.72. The van der Waals surface area contributed by atoms with Gasteiger partial charge in [-0.15, -0.1) is 0 Å². The Morgan fingerprint density at radius 1 is 1.05 bits per heavy atom. The van der Waals surface area contributed by atoms with Crippen molar-refractivity contribution in [1.82, 2.24) is 0 Å². The minimum Gasteiger partial charge on any atom is -0.489 e. The van der Waals surface area contributed by atoms with E-state index in [4.69, 9.17) is 10.5 Å². The Balaban J connectivity index is 1.65. The zero-order chi connectivity index (χ0) is 13.9. The van der Waals surface area contributed by atoms with E-state index in [2.05, 4.69) is 12.1 Å². The summed E-state index contributed by atoms with van der Waals surface area (Å²) in [4.78, 5) is 11.0. The molecular formula is C17H17NO2. The third kappa shape index (κ3) is 2.67. The van der Waals surface area contributed by atoms with Gasteiger partial charge in [0.15, 0.2) is 0 Å². The molecule has 1 aliphatic carbocycles. The first kappa shape index (κ1) is 12.7. The average Bonchev–Trinajstić information content (AvgIpc) is 2.93. The first-order valence-corrected chi connectivity index (χ1v) is 6.86. The molecule has 2 aromatic rings. The molecule has 0 aromatic heterocycles. The van der Waals surface area contributed by atoms with E-state index >= 15 is 0 Å². The van der Waals surface area contributed by atoms with E-state index in [-0.39, 0.29) is 0 Å². The van der Waals surface area contributed by atoms with E-state index < -0.39 is 5.91 Å². The summed E-state index contributed by atoms with van der Waals surface area (Å²) in [7, 11) is 0. The average molecular weight is 267 g/mol. The van der Waals surface area contributed by atoms with Gasteiger partial charge >= 0.3 is 0 Å². The Morgan fingerprint density at radius 3 is 2.55 bits per heavy atom. The van der Waals surface area contributed by atoms with Gasteiger partial charge in [0.05, 0.1) is 0 Å². The minimum absolute atomic E-state index is 0.406. The lowest BCUT2D eigenvalue weighted by molar-refractivity contribution is 0.1000. The van der Waals surface area contributed by atoms with Crippen LogP contribution in [0.1, 0.15) is 33.5 Å². The highest BCUT2D eigenvalue weighted by molar-refractivity contribution is 5.92. The molecule has 0 atom stereocenters. The molecule has 3 nitrogen and oxygen atoms in total. The number of hydrogen-bond acceptors (Lipinski definition) is 2. The summed E-state index contributed by atoms with van der Waals surface area (Å²) in [5.41, 5.74) is 9.61. The van der Waals surface area contributed by atoms with E-state index in [1.54, 1.807) is 12.1 Å². The second-order valence-corrected chi connectivity index (χ2v) is 5.13. The molecule has 0 bridgehead atoms. The van der Waals surface area contributed by atoms with Crippen LogP contribution >= 0.6 is 0 Å². The fraction of sp³-hybridized carbons (Fsp3) is 0.235. The van der Waals surface area contributed by atoms with Crippen molar-refractivity contribution < 1.29 is 9.53 Å². The van der Waals surface area contributed by atoms with Crippen molar-refractivity contribution in [2.45, 2.75) is 25.9 Å². The van der Waals surface area contributed by atoms with Crippen LogP contribution in [0.3, 0.4) is 0 Å². The Bertz CT molecular complexity index is 632. The summed E-state index contributed by atoms with van der Waals surface area (Å²) >= 11 is 0. The number of fused-ring (bicyclic) bond motifs is 1. The first-order valence-electron chi connectivity index (χ1n) is 6.86. The Kier molecular flexibility index (Phi) is 3.42. The monoisotopic (exact) mass is 267 g/mol. The molecule has 3 heteroatoms. The van der Waals surface area contributed by atoms with Gasteiger partial charge < -0.3 is 10.5 Å². The number of rotatable bonds is 4. The van der Waals surface area contributed by atoms with E-state index in [9.17, 15) is 4.79 Å². The number of benzene rings is 2. The largest absolute Gasteiger partial charge is 0.489 e. The number of amides is 1. The molecule has 2 aromatic carbocycles. The van der Waals surface area contributed by atoms with Crippen molar-refractivity contribution >= 4 is 5.91 Å². The van der Waals surface area contributed by atoms with Crippen molar-refractivity contribution in [2.75, 3.05) is 0 Å². The van der Waals surface area contributed by atoms with Crippen LogP contribution in [0, 0.1) is 0 Å². The van der Waals surface area contributed by atoms with Crippen molar-refractivity contribution in [2.24, 2.45) is 5.73 Å². The second kappa shape index (κ2) is 5.37. The maximum atomic E-state index is 11.0. The van der Waals surface area contributed by atoms with Gasteiger partial charge in [0.2, 0.25) is 5.91 Å². The molecule has 1 aliphatic rings. The van der Waals surface area contributed by atoms with Gasteiger partial charge in [-0.2, -0.15) is 0 Å². The molecule has 0 aliphatic heterocycles. The number of carbonyl (C=O) groups excluding carboxylic acids is 1. The standard InChI is InChI=1S/C17H17NO2/c18-17(19)14-6-4-12(5-7-14)11-20-16-9-8-13-2-1-3-15(13)10-16/h4-10H,1-3,11H2,(H2,18,19). The molecular weight excluding hydrogens is 250 g/mol. The normalized spacial score (nSPS) is 13.0. The number of aryl methyl sites for hydroxylation is 2. The highest BCUT2D eigenvalue weighted by Crippen LogP contribution is 2.26. The van der Waals surface area contributed by atoms with Gasteiger partial charge in [0.25, 0.3) is 0 Å². The summed E-state index contributed by atoms with van der Waals surface area (Å²) in [5.74, 6) is 0.501. The molecule has 0 radical (unpaired) electrons. The van der Waals surface area contributed by atoms with Crippen LogP contribution < -0.4 is 10.5 Å². The zero-order valence-electron chi connectivity index (χ0n) is 11.3. The SMILES string of the molecule is NC(=O)c1ccc(COc2ccc3c(c2)CCC3)cc1. The van der Waals surface area contributed by atoms with Crippen molar-refractivity contribution in [3.8, 4) is 5.75 Å². The fourth-order valence-corrected chi connectivity index (χ4v) is 2.57. The van der Waals surface area contributed by atoms with Gasteiger partial charge in [-0.25, -0.2) is 0 Å². The smallest absolute Gasteiger partial charge is 0.248 e. The van der Waals surface area contributed by atoms with Crippen molar-refractivity contribution in [3.63, 3.8) is 0 Å². The van der Waals surface area contributed by atoms with Crippen molar-refractivity contribution in [3.05, 3.63) is 64.7 Å². The third-order valence-electron chi connectivity index (χ3n) is 3.71. The lowest BCUT2D eigenvalue weighted by Crippen LogP contribution is -2.10. The Morgan fingerprint density at radius 2 is 1.80 bits per heavy atom. The molecule has 3 rings (SSSR count). The van der Waals surface area contributed by atoms with E-state index in [1.807, 2.05) is 18.2 Å². The number of primary amides is 1. The quantitative estimate of drug-likeness (QED) is 0.926. The molecule has 0 fully saturated rings. The zero-order valence-corrected chi connectivity index (χ0v) is 11.3. The van der Waals surface area contributed by atoms with Gasteiger partial charge in [0.1, 0.15) is 12.4 Å². The molecule has 0 saturated heterocycles. The number of nitrogens with two attached hydrogens (primary N) is 1. The fourth-order valence-electron chi connectivity index (χ4n) is 2.57. The molecule has 2 N–H and O–H groups in total. The van der Waals surface area contributed by atoms with Crippen LogP contribution in [0.15, 0.2) is 42.5 Å². The number of ether oxygens (including phenoxy) is 1. The van der Waals surface area contributed by atoms with Gasteiger partial charge in [-0.05, 0) is 60.2 Å². The summed E-state index contributed by atoms with van der Waals surface area (Å²) in [6, 6.07) is 13.5. The Labute approximate surface area is 118 Å². The molecule has 1 amide bonds. The molecule has 20 heavy (non-hydrogen) atoms. The predicted octanol–water partition coefficient (Wildman–Crippen LogP) is 2.85. The molecule has 0 heterocycles.